The quantitative estimate of drug-likeness (QED) is 0.431. The first-order chi connectivity index (χ1) is 15.1. The summed E-state index contributed by atoms with van der Waals surface area (Å²) >= 11 is 5.67. The Labute approximate surface area is 187 Å². The summed E-state index contributed by atoms with van der Waals surface area (Å²) in [6, 6.07) is 15.8. The zero-order valence-corrected chi connectivity index (χ0v) is 18.5. The van der Waals surface area contributed by atoms with E-state index in [4.69, 9.17) is 21.7 Å². The van der Waals surface area contributed by atoms with Gasteiger partial charge in [-0.15, -0.1) is 0 Å². The third kappa shape index (κ3) is 5.17. The Kier molecular flexibility index (Phi) is 6.72. The van der Waals surface area contributed by atoms with Crippen LogP contribution in [0.15, 0.2) is 53.3 Å². The van der Waals surface area contributed by atoms with Gasteiger partial charge in [-0.1, -0.05) is 43.7 Å². The average molecular weight is 438 g/mol. The van der Waals surface area contributed by atoms with E-state index in [0.717, 1.165) is 35.9 Å². The van der Waals surface area contributed by atoms with Crippen LogP contribution in [0, 0.1) is 0 Å². The molecule has 0 atom stereocenters. The van der Waals surface area contributed by atoms with Crippen LogP contribution in [0.25, 0.3) is 10.9 Å². The van der Waals surface area contributed by atoms with Crippen LogP contribution in [0.1, 0.15) is 30.9 Å². The lowest BCUT2D eigenvalue weighted by atomic mass is 10.1. The molecule has 7 heteroatoms. The maximum atomic E-state index is 12.9. The summed E-state index contributed by atoms with van der Waals surface area (Å²) in [5.41, 5.74) is 2.40. The fraction of sp³-hybridized carbons (Fsp3) is 0.333. The van der Waals surface area contributed by atoms with Gasteiger partial charge in [0.25, 0.3) is 5.56 Å². The lowest BCUT2D eigenvalue weighted by molar-refractivity contribution is 0.172. The fourth-order valence-corrected chi connectivity index (χ4v) is 3.83. The highest BCUT2D eigenvalue weighted by molar-refractivity contribution is 7.80. The largest absolute Gasteiger partial charge is 0.486 e. The second-order valence-corrected chi connectivity index (χ2v) is 8.02. The smallest absolute Gasteiger partial charge is 0.253 e. The molecule has 6 nitrogen and oxygen atoms in total. The summed E-state index contributed by atoms with van der Waals surface area (Å²) in [5, 5.41) is 4.89. The molecule has 0 saturated heterocycles. The minimum atomic E-state index is -0.126. The first-order valence-corrected chi connectivity index (χ1v) is 11.1. The van der Waals surface area contributed by atoms with Crippen molar-refractivity contribution in [2.24, 2.45) is 0 Å². The number of pyridine rings is 1. The highest BCUT2D eigenvalue weighted by Gasteiger charge is 2.17. The summed E-state index contributed by atoms with van der Waals surface area (Å²) in [5.74, 6) is 1.36. The minimum absolute atomic E-state index is 0.126. The Morgan fingerprint density at radius 1 is 1.10 bits per heavy atom. The number of unbranched alkanes of at least 4 members (excludes halogenated alkanes) is 1. The van der Waals surface area contributed by atoms with E-state index in [2.05, 4.69) is 29.4 Å². The van der Waals surface area contributed by atoms with E-state index in [9.17, 15) is 4.79 Å². The molecule has 162 valence electrons. The number of thiocarbonyl (C=S) groups is 1. The predicted octanol–water partition coefficient (Wildman–Crippen LogP) is 3.98. The van der Waals surface area contributed by atoms with E-state index in [-0.39, 0.29) is 5.56 Å². The Balaban J connectivity index is 1.62. The fourth-order valence-electron chi connectivity index (χ4n) is 3.60. The molecule has 1 aliphatic heterocycles. The number of H-pyrrole nitrogens is 1. The van der Waals surface area contributed by atoms with Gasteiger partial charge >= 0.3 is 0 Å². The van der Waals surface area contributed by atoms with Crippen LogP contribution >= 0.6 is 12.2 Å². The Bertz CT molecular complexity index is 1110. The summed E-state index contributed by atoms with van der Waals surface area (Å²) in [6.07, 6.45) is 2.14. The number of fused-ring (bicyclic) bond motifs is 2. The van der Waals surface area contributed by atoms with Gasteiger partial charge in [0.05, 0.1) is 12.1 Å². The lowest BCUT2D eigenvalue weighted by Gasteiger charge is -2.26. The third-order valence-corrected chi connectivity index (χ3v) is 5.66. The molecule has 2 aromatic carbocycles. The van der Waals surface area contributed by atoms with E-state index in [1.54, 1.807) is 0 Å². The monoisotopic (exact) mass is 437 g/mol. The molecule has 0 bridgehead atoms. The first kappa shape index (κ1) is 21.2. The van der Waals surface area contributed by atoms with E-state index in [1.165, 1.54) is 0 Å². The van der Waals surface area contributed by atoms with Crippen LogP contribution in [0.5, 0.6) is 11.5 Å². The number of nitrogens with zero attached hydrogens (tertiary/aromatic N) is 1. The van der Waals surface area contributed by atoms with Crippen LogP contribution in [-0.2, 0) is 13.1 Å². The van der Waals surface area contributed by atoms with Gasteiger partial charge in [0.1, 0.15) is 13.2 Å². The van der Waals surface area contributed by atoms with Crippen LogP contribution in [0.3, 0.4) is 0 Å². The van der Waals surface area contributed by atoms with Crippen molar-refractivity contribution in [1.29, 1.82) is 0 Å². The molecular formula is C24H27N3O3S. The van der Waals surface area contributed by atoms with Crippen LogP contribution in [0.4, 0.5) is 0 Å². The molecule has 4 rings (SSSR count). The summed E-state index contributed by atoms with van der Waals surface area (Å²) in [4.78, 5) is 17.9. The molecule has 3 aromatic rings. The molecule has 2 N–H and O–H groups in total. The highest BCUT2D eigenvalue weighted by atomic mass is 32.1. The molecule has 0 fully saturated rings. The van der Waals surface area contributed by atoms with Crippen molar-refractivity contribution in [2.45, 2.75) is 32.9 Å². The van der Waals surface area contributed by atoms with Gasteiger partial charge < -0.3 is 24.7 Å². The zero-order chi connectivity index (χ0) is 21.6. The molecule has 2 heterocycles. The lowest BCUT2D eigenvalue weighted by Crippen LogP contribution is -2.40. The number of hydrogen-bond acceptors (Lipinski definition) is 4. The van der Waals surface area contributed by atoms with Crippen LogP contribution in [0.2, 0.25) is 0 Å². The van der Waals surface area contributed by atoms with E-state index in [0.29, 0.717) is 48.5 Å². The van der Waals surface area contributed by atoms with Gasteiger partial charge in [-0.05, 0) is 36.3 Å². The Morgan fingerprint density at radius 2 is 1.84 bits per heavy atom. The van der Waals surface area contributed by atoms with Crippen molar-refractivity contribution >= 4 is 28.2 Å². The van der Waals surface area contributed by atoms with Gasteiger partial charge in [-0.25, -0.2) is 0 Å². The molecule has 0 unspecified atom stereocenters. The SMILES string of the molecule is CCCCNC(=S)N(Cc1ccccc1)Cc1cc2cc3c(cc2[nH]c1=O)OCCO3. The number of hydrogen-bond donors (Lipinski definition) is 2. The number of rotatable bonds is 7. The van der Waals surface area contributed by atoms with Gasteiger partial charge in [0, 0.05) is 30.1 Å². The normalized spacial score (nSPS) is 12.5. The highest BCUT2D eigenvalue weighted by Crippen LogP contribution is 2.33. The predicted molar refractivity (Wildman–Crippen MR) is 127 cm³/mol. The number of ether oxygens (including phenoxy) is 2. The molecule has 0 radical (unpaired) electrons. The molecule has 31 heavy (non-hydrogen) atoms. The van der Waals surface area contributed by atoms with Crippen molar-refractivity contribution < 1.29 is 9.47 Å². The van der Waals surface area contributed by atoms with Crippen molar-refractivity contribution in [3.05, 3.63) is 70.0 Å². The van der Waals surface area contributed by atoms with Gasteiger partial charge in [0.15, 0.2) is 16.6 Å². The summed E-state index contributed by atoms with van der Waals surface area (Å²) in [7, 11) is 0. The number of benzene rings is 2. The second-order valence-electron chi connectivity index (χ2n) is 7.63. The molecule has 0 spiro atoms. The Hall–Kier alpha value is -3.06. The average Bonchev–Trinajstić information content (AvgIpc) is 2.78. The molecule has 0 saturated carbocycles. The van der Waals surface area contributed by atoms with Crippen molar-refractivity contribution in [2.75, 3.05) is 19.8 Å². The minimum Gasteiger partial charge on any atom is -0.486 e. The van der Waals surface area contributed by atoms with Crippen LogP contribution in [-0.4, -0.2) is 34.8 Å². The first-order valence-electron chi connectivity index (χ1n) is 10.7. The molecule has 1 aromatic heterocycles. The van der Waals surface area contributed by atoms with E-state index in [1.807, 2.05) is 41.3 Å². The molecular weight excluding hydrogens is 410 g/mol. The molecule has 0 aliphatic carbocycles. The van der Waals surface area contributed by atoms with Crippen molar-refractivity contribution in [3.8, 4) is 11.5 Å². The number of aromatic amines is 1. The Morgan fingerprint density at radius 3 is 2.58 bits per heavy atom. The maximum absolute atomic E-state index is 12.9. The van der Waals surface area contributed by atoms with Gasteiger partial charge in [-0.3, -0.25) is 4.79 Å². The van der Waals surface area contributed by atoms with E-state index < -0.39 is 0 Å². The number of nitrogens with one attached hydrogen (secondary N) is 2. The maximum Gasteiger partial charge on any atom is 0.253 e. The van der Waals surface area contributed by atoms with Crippen molar-refractivity contribution in [1.82, 2.24) is 15.2 Å². The van der Waals surface area contributed by atoms with Crippen molar-refractivity contribution in [3.63, 3.8) is 0 Å². The molecule has 1 aliphatic rings. The van der Waals surface area contributed by atoms with Gasteiger partial charge in [-0.2, -0.15) is 0 Å². The standard InChI is InChI=1S/C24H27N3O3S/c1-2-3-9-25-24(31)27(15-17-7-5-4-6-8-17)16-19-12-18-13-21-22(30-11-10-29-21)14-20(18)26-23(19)28/h4-8,12-14H,2-3,9-11,15-16H2,1H3,(H,25,31)(H,26,28). The van der Waals surface area contributed by atoms with Gasteiger partial charge in [0.2, 0.25) is 0 Å². The zero-order valence-electron chi connectivity index (χ0n) is 17.6. The second kappa shape index (κ2) is 9.83. The summed E-state index contributed by atoms with van der Waals surface area (Å²) in [6.45, 7) is 5.03. The van der Waals surface area contributed by atoms with Crippen LogP contribution < -0.4 is 20.3 Å². The topological polar surface area (TPSA) is 66.6 Å². The van der Waals surface area contributed by atoms with E-state index >= 15 is 0 Å². The molecule has 0 amide bonds. The number of aromatic nitrogens is 1. The summed E-state index contributed by atoms with van der Waals surface area (Å²) < 4.78 is 11.3. The third-order valence-electron chi connectivity index (χ3n) is 5.26.